The Morgan fingerprint density at radius 2 is 1.79 bits per heavy atom. The van der Waals surface area contributed by atoms with Crippen LogP contribution in [0.3, 0.4) is 0 Å². The molecule has 2 heterocycles. The fourth-order valence-electron chi connectivity index (χ4n) is 3.03. The summed E-state index contributed by atoms with van der Waals surface area (Å²) >= 11 is 0. The second-order valence-electron chi connectivity index (χ2n) is 5.89. The molecule has 1 fully saturated rings. The number of amides is 3. The van der Waals surface area contributed by atoms with E-state index in [-0.39, 0.29) is 23.6 Å². The van der Waals surface area contributed by atoms with Crippen molar-refractivity contribution in [3.63, 3.8) is 0 Å². The maximum atomic E-state index is 12.3. The highest BCUT2D eigenvalue weighted by Gasteiger charge is 2.40. The van der Waals surface area contributed by atoms with Crippen LogP contribution in [0.4, 0.5) is 0 Å². The highest BCUT2D eigenvalue weighted by molar-refractivity contribution is 6.20. The van der Waals surface area contributed by atoms with E-state index < -0.39 is 23.7 Å². The van der Waals surface area contributed by atoms with Gasteiger partial charge >= 0.3 is 5.97 Å². The van der Waals surface area contributed by atoms with Gasteiger partial charge in [-0.3, -0.25) is 14.4 Å². The molecule has 3 amide bonds. The summed E-state index contributed by atoms with van der Waals surface area (Å²) in [5.41, 5.74) is 0.448. The van der Waals surface area contributed by atoms with E-state index in [0.29, 0.717) is 30.9 Å². The average Bonchev–Trinajstić information content (AvgIpc) is 2.86. The average molecular weight is 330 g/mol. The molecule has 0 aromatic heterocycles. The van der Waals surface area contributed by atoms with Gasteiger partial charge in [0.15, 0.2) is 0 Å². The summed E-state index contributed by atoms with van der Waals surface area (Å²) < 4.78 is 0. The van der Waals surface area contributed by atoms with Gasteiger partial charge in [-0.25, -0.2) is 4.79 Å². The smallest absolute Gasteiger partial charge is 0.338 e. The Morgan fingerprint density at radius 1 is 1.17 bits per heavy atom. The zero-order valence-electron chi connectivity index (χ0n) is 13.4. The molecular formula is C17H18N2O5. The Morgan fingerprint density at radius 3 is 2.38 bits per heavy atom. The van der Waals surface area contributed by atoms with Crippen LogP contribution in [0.1, 0.15) is 46.9 Å². The number of hydrogen-bond acceptors (Lipinski definition) is 5. The number of hydroxylamine groups is 2. The lowest BCUT2D eigenvalue weighted by molar-refractivity contribution is -0.175. The SMILES string of the molecule is CCC(=O)N1CCCC(C(=O)ON2C(=O)c3ccccc3C2=O)C1. The minimum Gasteiger partial charge on any atom is -0.342 e. The first-order valence-electron chi connectivity index (χ1n) is 8.00. The second kappa shape index (κ2) is 6.43. The van der Waals surface area contributed by atoms with Crippen LogP contribution in [0.25, 0.3) is 0 Å². The second-order valence-corrected chi connectivity index (χ2v) is 5.89. The van der Waals surface area contributed by atoms with Gasteiger partial charge in [-0.2, -0.15) is 0 Å². The number of piperidine rings is 1. The van der Waals surface area contributed by atoms with Crippen LogP contribution in [0.2, 0.25) is 0 Å². The first-order chi connectivity index (χ1) is 11.5. The molecule has 7 nitrogen and oxygen atoms in total. The van der Waals surface area contributed by atoms with Crippen LogP contribution in [0, 0.1) is 5.92 Å². The summed E-state index contributed by atoms with van der Waals surface area (Å²) in [6.07, 6.45) is 1.63. The molecule has 1 atom stereocenters. The third-order valence-corrected chi connectivity index (χ3v) is 4.35. The van der Waals surface area contributed by atoms with Crippen LogP contribution in [0.15, 0.2) is 24.3 Å². The van der Waals surface area contributed by atoms with E-state index in [2.05, 4.69) is 0 Å². The van der Waals surface area contributed by atoms with Crippen molar-refractivity contribution in [1.29, 1.82) is 0 Å². The quantitative estimate of drug-likeness (QED) is 0.782. The first-order valence-corrected chi connectivity index (χ1v) is 8.00. The third-order valence-electron chi connectivity index (χ3n) is 4.35. The van der Waals surface area contributed by atoms with E-state index in [1.165, 1.54) is 12.1 Å². The van der Waals surface area contributed by atoms with Crippen LogP contribution in [-0.4, -0.2) is 46.7 Å². The van der Waals surface area contributed by atoms with Crippen LogP contribution in [0.5, 0.6) is 0 Å². The molecule has 126 valence electrons. The van der Waals surface area contributed by atoms with Crippen molar-refractivity contribution < 1.29 is 24.0 Å². The van der Waals surface area contributed by atoms with E-state index >= 15 is 0 Å². The molecular weight excluding hydrogens is 312 g/mol. The Balaban J connectivity index is 1.68. The maximum Gasteiger partial charge on any atom is 0.338 e. The molecule has 1 aromatic carbocycles. The van der Waals surface area contributed by atoms with Crippen molar-refractivity contribution in [3.8, 4) is 0 Å². The number of fused-ring (bicyclic) bond motifs is 1. The molecule has 3 rings (SSSR count). The minimum absolute atomic E-state index is 0.0202. The first kappa shape index (κ1) is 16.2. The van der Waals surface area contributed by atoms with E-state index in [1.807, 2.05) is 0 Å². The summed E-state index contributed by atoms with van der Waals surface area (Å²) in [6, 6.07) is 6.33. The van der Waals surface area contributed by atoms with Crippen molar-refractivity contribution in [2.75, 3.05) is 13.1 Å². The molecule has 0 spiro atoms. The molecule has 0 N–H and O–H groups in total. The fourth-order valence-corrected chi connectivity index (χ4v) is 3.03. The van der Waals surface area contributed by atoms with Crippen molar-refractivity contribution in [2.45, 2.75) is 26.2 Å². The van der Waals surface area contributed by atoms with E-state index in [4.69, 9.17) is 4.84 Å². The summed E-state index contributed by atoms with van der Waals surface area (Å²) in [6.45, 7) is 2.64. The van der Waals surface area contributed by atoms with E-state index in [1.54, 1.807) is 24.0 Å². The van der Waals surface area contributed by atoms with Crippen molar-refractivity contribution in [2.24, 2.45) is 5.92 Å². The molecule has 2 aliphatic heterocycles. The molecule has 0 saturated carbocycles. The number of likely N-dealkylation sites (tertiary alicyclic amines) is 1. The van der Waals surface area contributed by atoms with Crippen molar-refractivity contribution in [3.05, 3.63) is 35.4 Å². The van der Waals surface area contributed by atoms with Crippen LogP contribution < -0.4 is 0 Å². The lowest BCUT2D eigenvalue weighted by Crippen LogP contribution is -2.44. The largest absolute Gasteiger partial charge is 0.342 e. The molecule has 0 radical (unpaired) electrons. The summed E-state index contributed by atoms with van der Waals surface area (Å²) in [7, 11) is 0. The Labute approximate surface area is 139 Å². The number of carbonyl (C=O) groups is 4. The van der Waals surface area contributed by atoms with Gasteiger partial charge in [-0.15, -0.1) is 0 Å². The summed E-state index contributed by atoms with van der Waals surface area (Å²) in [5, 5.41) is 0.521. The Kier molecular flexibility index (Phi) is 4.33. The molecule has 1 aromatic rings. The number of hydrogen-bond donors (Lipinski definition) is 0. The minimum atomic E-state index is -0.655. The number of rotatable bonds is 3. The van der Waals surface area contributed by atoms with Crippen molar-refractivity contribution >= 4 is 23.7 Å². The molecule has 24 heavy (non-hydrogen) atoms. The van der Waals surface area contributed by atoms with Gasteiger partial charge in [-0.05, 0) is 25.0 Å². The standard InChI is InChI=1S/C17H18N2O5/c1-2-14(20)18-9-5-6-11(10-18)17(23)24-19-15(21)12-7-3-4-8-13(12)16(19)22/h3-4,7-8,11H,2,5-6,9-10H2,1H3. The lowest BCUT2D eigenvalue weighted by Gasteiger charge is -2.31. The van der Waals surface area contributed by atoms with Gasteiger partial charge in [0.25, 0.3) is 11.8 Å². The van der Waals surface area contributed by atoms with Gasteiger partial charge in [-0.1, -0.05) is 24.1 Å². The number of imide groups is 1. The monoisotopic (exact) mass is 330 g/mol. The zero-order valence-corrected chi connectivity index (χ0v) is 13.4. The summed E-state index contributed by atoms with van der Waals surface area (Å²) in [4.78, 5) is 55.2. The topological polar surface area (TPSA) is 84.0 Å². The van der Waals surface area contributed by atoms with E-state index in [0.717, 1.165) is 0 Å². The fraction of sp³-hybridized carbons (Fsp3) is 0.412. The highest BCUT2D eigenvalue weighted by Crippen LogP contribution is 2.25. The molecule has 1 unspecified atom stereocenters. The molecule has 2 aliphatic rings. The molecule has 7 heteroatoms. The number of benzene rings is 1. The third kappa shape index (κ3) is 2.77. The van der Waals surface area contributed by atoms with Gasteiger partial charge in [0.05, 0.1) is 17.0 Å². The van der Waals surface area contributed by atoms with Gasteiger partial charge in [0.1, 0.15) is 0 Å². The lowest BCUT2D eigenvalue weighted by atomic mass is 9.98. The number of nitrogens with zero attached hydrogens (tertiary/aromatic N) is 2. The normalized spacial score (nSPS) is 20.1. The zero-order chi connectivity index (χ0) is 17.3. The van der Waals surface area contributed by atoms with Gasteiger partial charge in [0.2, 0.25) is 5.91 Å². The molecule has 1 saturated heterocycles. The Bertz CT molecular complexity index is 680. The molecule has 0 aliphatic carbocycles. The predicted molar refractivity (Wildman–Crippen MR) is 82.6 cm³/mol. The van der Waals surface area contributed by atoms with Gasteiger partial charge in [0, 0.05) is 19.5 Å². The maximum absolute atomic E-state index is 12.3. The molecule has 0 bridgehead atoms. The van der Waals surface area contributed by atoms with E-state index in [9.17, 15) is 19.2 Å². The van der Waals surface area contributed by atoms with Gasteiger partial charge < -0.3 is 9.74 Å². The van der Waals surface area contributed by atoms with Crippen LogP contribution in [-0.2, 0) is 14.4 Å². The Hall–Kier alpha value is -2.70. The predicted octanol–water partition coefficient (Wildman–Crippen LogP) is 1.39. The van der Waals surface area contributed by atoms with Crippen molar-refractivity contribution in [1.82, 2.24) is 9.96 Å². The highest BCUT2D eigenvalue weighted by atomic mass is 16.7. The summed E-state index contributed by atoms with van der Waals surface area (Å²) in [5.74, 6) is -2.48. The van der Waals surface area contributed by atoms with Crippen LogP contribution >= 0.6 is 0 Å². The number of carbonyl (C=O) groups excluding carboxylic acids is 4.